The molecule has 50 heavy (non-hydrogen) atoms. The first-order valence-corrected chi connectivity index (χ1v) is 19.8. The topological polar surface area (TPSA) is 65.1 Å². The van der Waals surface area contributed by atoms with E-state index in [1.165, 1.54) is 38.4 Å². The lowest BCUT2D eigenvalue weighted by molar-refractivity contribution is -0.241. The molecule has 1 aliphatic heterocycles. The van der Waals surface area contributed by atoms with Crippen molar-refractivity contribution in [3.63, 3.8) is 0 Å². The summed E-state index contributed by atoms with van der Waals surface area (Å²) in [7, 11) is 1.44. The predicted molar refractivity (Wildman–Crippen MR) is 195 cm³/mol. The van der Waals surface area contributed by atoms with E-state index in [0.717, 1.165) is 37.7 Å². The zero-order valence-electron chi connectivity index (χ0n) is 31.8. The molecule has 6 fully saturated rings. The molecule has 5 nitrogen and oxygen atoms in total. The van der Waals surface area contributed by atoms with Crippen LogP contribution in [0.2, 0.25) is 0 Å². The summed E-state index contributed by atoms with van der Waals surface area (Å²) in [6, 6.07) is 18.3. The molecule has 11 atom stereocenters. The third-order valence-electron chi connectivity index (χ3n) is 17.1. The predicted octanol–water partition coefficient (Wildman–Crippen LogP) is 10.2. The largest absolute Gasteiger partial charge is 0.465 e. The van der Waals surface area contributed by atoms with Gasteiger partial charge in [0.2, 0.25) is 0 Å². The minimum atomic E-state index is -0.351. The van der Waals surface area contributed by atoms with Crippen molar-refractivity contribution in [3.05, 3.63) is 71.3 Å². The van der Waals surface area contributed by atoms with E-state index in [1.807, 2.05) is 30.3 Å². The molecule has 0 bridgehead atoms. The first-order valence-electron chi connectivity index (χ1n) is 19.8. The molecule has 5 heteroatoms. The van der Waals surface area contributed by atoms with Crippen LogP contribution in [-0.4, -0.2) is 25.2 Å². The summed E-state index contributed by atoms with van der Waals surface area (Å²) in [5, 5.41) is 0. The fourth-order valence-electron chi connectivity index (χ4n) is 14.6. The molecule has 0 unspecified atom stereocenters. The quantitative estimate of drug-likeness (QED) is 0.224. The van der Waals surface area contributed by atoms with Crippen molar-refractivity contribution < 1.29 is 23.8 Å². The molecule has 6 aliphatic rings. The number of carbonyl (C=O) groups is 2. The summed E-state index contributed by atoms with van der Waals surface area (Å²) in [5.41, 5.74) is 2.73. The third-order valence-corrected chi connectivity index (χ3v) is 17.1. The number of esters is 2. The van der Waals surface area contributed by atoms with Crippen LogP contribution in [0.5, 0.6) is 0 Å². The summed E-state index contributed by atoms with van der Waals surface area (Å²) in [6.07, 6.45) is 10.4. The van der Waals surface area contributed by atoms with Gasteiger partial charge in [0, 0.05) is 5.41 Å². The highest BCUT2D eigenvalue weighted by atomic mass is 16.6. The Morgan fingerprint density at radius 1 is 0.820 bits per heavy atom. The normalized spacial score (nSPS) is 43.8. The van der Waals surface area contributed by atoms with Gasteiger partial charge in [-0.1, -0.05) is 90.9 Å². The van der Waals surface area contributed by atoms with Gasteiger partial charge in [0.15, 0.2) is 0 Å². The van der Waals surface area contributed by atoms with Crippen molar-refractivity contribution in [3.8, 4) is 0 Å². The molecule has 270 valence electrons. The van der Waals surface area contributed by atoms with Crippen LogP contribution < -0.4 is 0 Å². The summed E-state index contributed by atoms with van der Waals surface area (Å²) in [4.78, 5) is 26.6. The summed E-state index contributed by atoms with van der Waals surface area (Å²) >= 11 is 0. The molecular formula is C45H60O5. The van der Waals surface area contributed by atoms with Crippen molar-refractivity contribution in [2.75, 3.05) is 7.11 Å². The van der Waals surface area contributed by atoms with Crippen molar-refractivity contribution in [2.24, 2.45) is 62.6 Å². The second kappa shape index (κ2) is 11.4. The molecular weight excluding hydrogens is 620 g/mol. The molecule has 0 radical (unpaired) electrons. The maximum atomic E-state index is 14.4. The van der Waals surface area contributed by atoms with Gasteiger partial charge in [0.25, 0.3) is 0 Å². The molecule has 5 aliphatic carbocycles. The van der Waals surface area contributed by atoms with E-state index in [9.17, 15) is 9.59 Å². The van der Waals surface area contributed by atoms with E-state index in [4.69, 9.17) is 14.2 Å². The second-order valence-electron chi connectivity index (χ2n) is 19.2. The Labute approximate surface area is 300 Å². The van der Waals surface area contributed by atoms with Gasteiger partial charge in [0.05, 0.1) is 24.2 Å². The first-order chi connectivity index (χ1) is 23.7. The second-order valence-corrected chi connectivity index (χ2v) is 19.2. The van der Waals surface area contributed by atoms with Crippen LogP contribution in [0, 0.1) is 62.6 Å². The molecule has 2 aromatic rings. The van der Waals surface area contributed by atoms with Crippen LogP contribution in [0.25, 0.3) is 0 Å². The standard InChI is InChI=1S/C45H60O5/c1-28(2)32-20-23-44(39(47)49-27-29-12-10-9-11-13-29)25-24-42(6)33(37(32)44)18-19-35-41(5)26-36-45(50-36,31-16-14-30(15-17-31)38(46)48-8)40(3,4)34(41)21-22-43(35,42)7/h9-17,28,32-37H,18-27H2,1-8H3/t32-,33+,34-,35+,36-,37+,41-,42+,43+,44-,45-/m0/s1. The Morgan fingerprint density at radius 3 is 2.22 bits per heavy atom. The monoisotopic (exact) mass is 680 g/mol. The number of fused-ring (bicyclic) bond motifs is 8. The molecule has 2 aromatic carbocycles. The molecule has 1 saturated heterocycles. The number of rotatable bonds is 6. The van der Waals surface area contributed by atoms with Crippen LogP contribution >= 0.6 is 0 Å². The van der Waals surface area contributed by atoms with Gasteiger partial charge in [-0.3, -0.25) is 4.79 Å². The highest BCUT2D eigenvalue weighted by Gasteiger charge is 2.79. The number of benzene rings is 2. The van der Waals surface area contributed by atoms with Crippen LogP contribution in [0.1, 0.15) is 128 Å². The highest BCUT2D eigenvalue weighted by Crippen LogP contribution is 2.81. The fraction of sp³-hybridized carbons (Fsp3) is 0.689. The number of ether oxygens (including phenoxy) is 3. The molecule has 0 spiro atoms. The van der Waals surface area contributed by atoms with E-state index in [2.05, 4.69) is 72.7 Å². The van der Waals surface area contributed by atoms with Gasteiger partial charge < -0.3 is 14.2 Å². The van der Waals surface area contributed by atoms with Gasteiger partial charge >= 0.3 is 11.9 Å². The van der Waals surface area contributed by atoms with Crippen LogP contribution in [0.4, 0.5) is 0 Å². The Balaban J connectivity index is 1.09. The maximum absolute atomic E-state index is 14.4. The Morgan fingerprint density at radius 2 is 1.54 bits per heavy atom. The van der Waals surface area contributed by atoms with Crippen molar-refractivity contribution in [2.45, 2.75) is 125 Å². The van der Waals surface area contributed by atoms with E-state index < -0.39 is 0 Å². The van der Waals surface area contributed by atoms with Gasteiger partial charge in [0.1, 0.15) is 12.2 Å². The molecule has 8 rings (SSSR count). The minimum absolute atomic E-state index is 0.0467. The summed E-state index contributed by atoms with van der Waals surface area (Å²) < 4.78 is 18.2. The lowest BCUT2D eigenvalue weighted by Crippen LogP contribution is -2.67. The number of hydrogen-bond acceptors (Lipinski definition) is 5. The van der Waals surface area contributed by atoms with E-state index in [-0.39, 0.29) is 50.7 Å². The lowest BCUT2D eigenvalue weighted by Gasteiger charge is -2.72. The van der Waals surface area contributed by atoms with Crippen LogP contribution in [0.15, 0.2) is 54.6 Å². The highest BCUT2D eigenvalue weighted by molar-refractivity contribution is 5.89. The average Bonchev–Trinajstić information content (AvgIpc) is 3.70. The molecule has 0 N–H and O–H groups in total. The number of epoxide rings is 1. The van der Waals surface area contributed by atoms with Gasteiger partial charge in [-0.15, -0.1) is 0 Å². The number of hydrogen-bond donors (Lipinski definition) is 0. The molecule has 0 aromatic heterocycles. The molecule has 0 amide bonds. The Hall–Kier alpha value is -2.66. The van der Waals surface area contributed by atoms with Gasteiger partial charge in [-0.2, -0.15) is 0 Å². The summed E-state index contributed by atoms with van der Waals surface area (Å²) in [6.45, 7) is 18.1. The van der Waals surface area contributed by atoms with E-state index in [0.29, 0.717) is 47.7 Å². The van der Waals surface area contributed by atoms with E-state index in [1.54, 1.807) is 0 Å². The van der Waals surface area contributed by atoms with Crippen LogP contribution in [-0.2, 0) is 31.2 Å². The summed E-state index contributed by atoms with van der Waals surface area (Å²) in [5.74, 6) is 3.00. The van der Waals surface area contributed by atoms with Crippen molar-refractivity contribution in [1.82, 2.24) is 0 Å². The third kappa shape index (κ3) is 4.40. The average molecular weight is 681 g/mol. The number of methoxy groups -OCH3 is 1. The minimum Gasteiger partial charge on any atom is -0.465 e. The van der Waals surface area contributed by atoms with Crippen molar-refractivity contribution in [1.29, 1.82) is 0 Å². The zero-order chi connectivity index (χ0) is 35.5. The molecule has 1 heterocycles. The lowest BCUT2D eigenvalue weighted by atomic mass is 9.31. The smallest absolute Gasteiger partial charge is 0.337 e. The zero-order valence-corrected chi connectivity index (χ0v) is 31.8. The van der Waals surface area contributed by atoms with Crippen molar-refractivity contribution >= 4 is 11.9 Å². The first kappa shape index (κ1) is 34.4. The maximum Gasteiger partial charge on any atom is 0.337 e. The molecule has 5 saturated carbocycles. The van der Waals surface area contributed by atoms with Gasteiger partial charge in [-0.25, -0.2) is 4.79 Å². The van der Waals surface area contributed by atoms with Gasteiger partial charge in [-0.05, 0) is 133 Å². The van der Waals surface area contributed by atoms with E-state index >= 15 is 0 Å². The fourth-order valence-corrected chi connectivity index (χ4v) is 14.6. The number of carbonyl (C=O) groups excluding carboxylic acids is 2. The Kier molecular flexibility index (Phi) is 7.86. The Bertz CT molecular complexity index is 1650. The van der Waals surface area contributed by atoms with Crippen LogP contribution in [0.3, 0.4) is 0 Å². The SMILES string of the molecule is COC(=O)c1ccc([C@]23O[C@H]2C[C@]2(C)[C@H]4CC[C@@H]5[C@H]6[C@H](C(C)C)CC[C@]6(C(=O)OCc6ccccc6)CC[C@@]5(C)[C@]4(C)CC[C@H]2C3(C)C)cc1.